The van der Waals surface area contributed by atoms with Crippen molar-refractivity contribution >= 4 is 15.9 Å². The van der Waals surface area contributed by atoms with E-state index in [1.165, 1.54) is 18.2 Å². The number of ether oxygens (including phenoxy) is 1. The predicted octanol–water partition coefficient (Wildman–Crippen LogP) is 3.81. The van der Waals surface area contributed by atoms with Gasteiger partial charge in [0.05, 0.1) is 5.56 Å². The smallest absolute Gasteiger partial charge is 0.132 e. The number of rotatable bonds is 5. The molecule has 0 aliphatic carbocycles. The van der Waals surface area contributed by atoms with E-state index in [0.717, 1.165) is 10.0 Å². The van der Waals surface area contributed by atoms with Crippen LogP contribution in [0.3, 0.4) is 0 Å². The highest BCUT2D eigenvalue weighted by Crippen LogP contribution is 2.24. The molecular formula is C15H14BrF2NO. The molecule has 2 aromatic carbocycles. The molecule has 0 amide bonds. The fraction of sp³-hybridized carbons (Fsp3) is 0.200. The van der Waals surface area contributed by atoms with Gasteiger partial charge in [-0.3, -0.25) is 0 Å². The van der Waals surface area contributed by atoms with E-state index in [-0.39, 0.29) is 12.2 Å². The summed E-state index contributed by atoms with van der Waals surface area (Å²) in [4.78, 5) is 0. The van der Waals surface area contributed by atoms with Gasteiger partial charge in [-0.2, -0.15) is 0 Å². The van der Waals surface area contributed by atoms with E-state index in [0.29, 0.717) is 18.7 Å². The second-order valence-electron chi connectivity index (χ2n) is 4.28. The molecule has 0 spiro atoms. The van der Waals surface area contributed by atoms with Gasteiger partial charge in [0.25, 0.3) is 0 Å². The minimum Gasteiger partial charge on any atom is -0.489 e. The average Bonchev–Trinajstić information content (AvgIpc) is 2.42. The maximum absolute atomic E-state index is 13.5. The van der Waals surface area contributed by atoms with Crippen molar-refractivity contribution in [3.8, 4) is 5.75 Å². The van der Waals surface area contributed by atoms with Crippen molar-refractivity contribution in [2.45, 2.75) is 13.0 Å². The lowest BCUT2D eigenvalue weighted by atomic mass is 10.1. The highest BCUT2D eigenvalue weighted by molar-refractivity contribution is 9.10. The van der Waals surface area contributed by atoms with Gasteiger partial charge in [0.1, 0.15) is 24.0 Å². The van der Waals surface area contributed by atoms with E-state index in [4.69, 9.17) is 10.5 Å². The molecule has 2 N–H and O–H groups in total. The molecule has 2 aromatic rings. The summed E-state index contributed by atoms with van der Waals surface area (Å²) < 4.78 is 33.3. The fourth-order valence-corrected chi connectivity index (χ4v) is 2.26. The molecule has 0 heterocycles. The van der Waals surface area contributed by atoms with Gasteiger partial charge in [-0.05, 0) is 48.9 Å². The third-order valence-corrected chi connectivity index (χ3v) is 3.65. The molecule has 2 nitrogen and oxygen atoms in total. The van der Waals surface area contributed by atoms with Gasteiger partial charge in [0.15, 0.2) is 0 Å². The van der Waals surface area contributed by atoms with E-state index in [1.807, 2.05) is 12.1 Å². The van der Waals surface area contributed by atoms with Gasteiger partial charge in [-0.15, -0.1) is 0 Å². The van der Waals surface area contributed by atoms with Crippen molar-refractivity contribution < 1.29 is 13.5 Å². The van der Waals surface area contributed by atoms with Crippen LogP contribution >= 0.6 is 15.9 Å². The molecule has 0 saturated heterocycles. The predicted molar refractivity (Wildman–Crippen MR) is 77.6 cm³/mol. The van der Waals surface area contributed by atoms with Gasteiger partial charge < -0.3 is 10.5 Å². The Bertz CT molecular complexity index is 584. The van der Waals surface area contributed by atoms with Gasteiger partial charge in [-0.25, -0.2) is 8.78 Å². The molecule has 0 aliphatic rings. The van der Waals surface area contributed by atoms with Crippen LogP contribution in [0.15, 0.2) is 40.9 Å². The van der Waals surface area contributed by atoms with Crippen LogP contribution < -0.4 is 10.5 Å². The Labute approximate surface area is 124 Å². The Morgan fingerprint density at radius 1 is 1.10 bits per heavy atom. The first kappa shape index (κ1) is 14.9. The van der Waals surface area contributed by atoms with Crippen molar-refractivity contribution in [2.24, 2.45) is 5.73 Å². The minimum absolute atomic E-state index is 0.0733. The third kappa shape index (κ3) is 3.55. The van der Waals surface area contributed by atoms with Crippen LogP contribution in [0.4, 0.5) is 8.78 Å². The summed E-state index contributed by atoms with van der Waals surface area (Å²) in [5.41, 5.74) is 6.45. The Balaban J connectivity index is 2.13. The summed E-state index contributed by atoms with van der Waals surface area (Å²) in [6, 6.07) is 9.14. The van der Waals surface area contributed by atoms with E-state index < -0.39 is 11.6 Å². The summed E-state index contributed by atoms with van der Waals surface area (Å²) in [5, 5.41) is 0. The van der Waals surface area contributed by atoms with E-state index >= 15 is 0 Å². The van der Waals surface area contributed by atoms with E-state index in [1.54, 1.807) is 6.07 Å². The second-order valence-corrected chi connectivity index (χ2v) is 5.14. The Morgan fingerprint density at radius 3 is 2.45 bits per heavy atom. The quantitative estimate of drug-likeness (QED) is 0.897. The van der Waals surface area contributed by atoms with Gasteiger partial charge in [0, 0.05) is 4.47 Å². The Hall–Kier alpha value is -1.46. The molecule has 0 radical (unpaired) electrons. The summed E-state index contributed by atoms with van der Waals surface area (Å²) in [7, 11) is 0. The Kier molecular flexibility index (Phi) is 5.09. The van der Waals surface area contributed by atoms with Crippen molar-refractivity contribution in [3.63, 3.8) is 0 Å². The normalized spacial score (nSPS) is 10.6. The molecule has 5 heteroatoms. The number of halogens is 3. The van der Waals surface area contributed by atoms with Crippen LogP contribution in [0, 0.1) is 11.6 Å². The standard InChI is InChI=1S/C15H14BrF2NO/c16-13-5-4-11(8-10(13)6-7-19)20-9-12-14(17)2-1-3-15(12)18/h1-5,8H,6-7,9,19H2. The third-order valence-electron chi connectivity index (χ3n) is 2.88. The first-order valence-electron chi connectivity index (χ1n) is 6.16. The molecule has 0 aliphatic heterocycles. The van der Waals surface area contributed by atoms with Crippen LogP contribution in [-0.2, 0) is 13.0 Å². The van der Waals surface area contributed by atoms with Crippen molar-refractivity contribution in [1.82, 2.24) is 0 Å². The number of benzene rings is 2. The molecule has 0 bridgehead atoms. The second kappa shape index (κ2) is 6.81. The number of hydrogen-bond donors (Lipinski definition) is 1. The largest absolute Gasteiger partial charge is 0.489 e. The highest BCUT2D eigenvalue weighted by Gasteiger charge is 2.09. The molecule has 0 fully saturated rings. The van der Waals surface area contributed by atoms with Crippen molar-refractivity contribution in [2.75, 3.05) is 6.54 Å². The number of hydrogen-bond acceptors (Lipinski definition) is 2. The van der Waals surface area contributed by atoms with E-state index in [9.17, 15) is 8.78 Å². The lowest BCUT2D eigenvalue weighted by Crippen LogP contribution is -2.05. The lowest BCUT2D eigenvalue weighted by molar-refractivity contribution is 0.292. The van der Waals surface area contributed by atoms with Crippen molar-refractivity contribution in [3.05, 3.63) is 63.6 Å². The van der Waals surface area contributed by atoms with Gasteiger partial charge in [-0.1, -0.05) is 22.0 Å². The SMILES string of the molecule is NCCc1cc(OCc2c(F)cccc2F)ccc1Br. The van der Waals surface area contributed by atoms with E-state index in [2.05, 4.69) is 15.9 Å². The summed E-state index contributed by atoms with van der Waals surface area (Å²) in [6.07, 6.45) is 0.700. The summed E-state index contributed by atoms with van der Waals surface area (Å²) >= 11 is 3.42. The maximum Gasteiger partial charge on any atom is 0.132 e. The molecule has 20 heavy (non-hydrogen) atoms. The van der Waals surface area contributed by atoms with Crippen LogP contribution in [-0.4, -0.2) is 6.54 Å². The molecule has 0 unspecified atom stereocenters. The maximum atomic E-state index is 13.5. The zero-order valence-corrected chi connectivity index (χ0v) is 12.3. The molecule has 0 aromatic heterocycles. The molecule has 0 saturated carbocycles. The summed E-state index contributed by atoms with van der Waals surface area (Å²) in [5.74, 6) is -0.659. The van der Waals surface area contributed by atoms with Crippen LogP contribution in [0.25, 0.3) is 0 Å². The molecular weight excluding hydrogens is 328 g/mol. The van der Waals surface area contributed by atoms with Crippen molar-refractivity contribution in [1.29, 1.82) is 0 Å². The van der Waals surface area contributed by atoms with Crippen LogP contribution in [0.1, 0.15) is 11.1 Å². The zero-order chi connectivity index (χ0) is 14.5. The highest BCUT2D eigenvalue weighted by atomic mass is 79.9. The topological polar surface area (TPSA) is 35.2 Å². The first-order chi connectivity index (χ1) is 9.61. The Morgan fingerprint density at radius 2 is 1.80 bits per heavy atom. The average molecular weight is 342 g/mol. The van der Waals surface area contributed by atoms with Crippen LogP contribution in [0.5, 0.6) is 5.75 Å². The fourth-order valence-electron chi connectivity index (χ4n) is 1.81. The van der Waals surface area contributed by atoms with Crippen LogP contribution in [0.2, 0.25) is 0 Å². The molecule has 2 rings (SSSR count). The summed E-state index contributed by atoms with van der Waals surface area (Å²) in [6.45, 7) is 0.367. The number of nitrogens with two attached hydrogens (primary N) is 1. The monoisotopic (exact) mass is 341 g/mol. The minimum atomic E-state index is -0.607. The van der Waals surface area contributed by atoms with Gasteiger partial charge in [0.2, 0.25) is 0 Å². The molecule has 0 atom stereocenters. The van der Waals surface area contributed by atoms with Gasteiger partial charge >= 0.3 is 0 Å². The first-order valence-corrected chi connectivity index (χ1v) is 6.95. The molecule has 106 valence electrons. The lowest BCUT2D eigenvalue weighted by Gasteiger charge is -2.10. The zero-order valence-electron chi connectivity index (χ0n) is 10.7.